The molecule has 0 aliphatic heterocycles. The van der Waals surface area contributed by atoms with Gasteiger partial charge < -0.3 is 16.0 Å². The van der Waals surface area contributed by atoms with Gasteiger partial charge in [-0.05, 0) is 0 Å². The third-order valence-corrected chi connectivity index (χ3v) is 1.69. The Labute approximate surface area is 83.1 Å². The van der Waals surface area contributed by atoms with Gasteiger partial charge in [0, 0.05) is 0 Å². The summed E-state index contributed by atoms with van der Waals surface area (Å²) in [5, 5.41) is 15.9. The molecule has 2 heterocycles. The minimum Gasteiger partial charge on any atom is -0.391 e. The van der Waals surface area contributed by atoms with Crippen LogP contribution in [0.15, 0.2) is 11.1 Å². The van der Waals surface area contributed by atoms with Crippen LogP contribution in [0.1, 0.15) is 5.82 Å². The number of tetrazole rings is 1. The minimum absolute atomic E-state index is 0.0287. The van der Waals surface area contributed by atoms with Crippen LogP contribution in [0.2, 0.25) is 0 Å². The lowest BCUT2D eigenvalue weighted by Crippen LogP contribution is -2.16. The molecule has 0 aromatic carbocycles. The van der Waals surface area contributed by atoms with E-state index in [0.29, 0.717) is 11.6 Å². The lowest BCUT2D eigenvalue weighted by atomic mass is 10.4. The standard InChI is InChI=1S/C6H8N8O/c7-4-5(9-2-10-6(4)15)8-1-3-11-13-14-12-3/h2H,1,7H2,(H2,8,9,10,15)(H,11,12,13,14). The Kier molecular flexibility index (Phi) is 2.27. The van der Waals surface area contributed by atoms with Gasteiger partial charge in [0.15, 0.2) is 11.6 Å². The number of rotatable bonds is 3. The second kappa shape index (κ2) is 3.74. The van der Waals surface area contributed by atoms with E-state index in [-0.39, 0.29) is 17.8 Å². The first-order valence-corrected chi connectivity index (χ1v) is 4.06. The number of nitrogens with zero attached hydrogens (tertiary/aromatic N) is 4. The molecule has 0 saturated heterocycles. The van der Waals surface area contributed by atoms with E-state index < -0.39 is 0 Å². The molecule has 0 atom stereocenters. The Hall–Kier alpha value is -2.45. The Balaban J connectivity index is 2.12. The average Bonchev–Trinajstić information content (AvgIpc) is 2.73. The molecular weight excluding hydrogens is 200 g/mol. The second-order valence-corrected chi connectivity index (χ2v) is 2.68. The number of hydrogen-bond donors (Lipinski definition) is 4. The van der Waals surface area contributed by atoms with Crippen molar-refractivity contribution in [2.24, 2.45) is 0 Å². The van der Waals surface area contributed by atoms with Gasteiger partial charge in [-0.2, -0.15) is 5.21 Å². The van der Waals surface area contributed by atoms with Crippen molar-refractivity contribution in [3.05, 3.63) is 22.5 Å². The van der Waals surface area contributed by atoms with Crippen molar-refractivity contribution >= 4 is 11.5 Å². The molecule has 0 radical (unpaired) electrons. The van der Waals surface area contributed by atoms with Crippen LogP contribution < -0.4 is 16.6 Å². The van der Waals surface area contributed by atoms with Crippen LogP contribution in [-0.2, 0) is 6.54 Å². The number of hydrogen-bond acceptors (Lipinski definition) is 7. The van der Waals surface area contributed by atoms with Gasteiger partial charge in [0.2, 0.25) is 0 Å². The molecule has 0 spiro atoms. The van der Waals surface area contributed by atoms with E-state index in [4.69, 9.17) is 5.73 Å². The molecule has 0 unspecified atom stereocenters. The monoisotopic (exact) mass is 208 g/mol. The van der Waals surface area contributed by atoms with E-state index in [0.717, 1.165) is 0 Å². The van der Waals surface area contributed by atoms with E-state index in [9.17, 15) is 4.79 Å². The van der Waals surface area contributed by atoms with Crippen molar-refractivity contribution in [1.29, 1.82) is 0 Å². The van der Waals surface area contributed by atoms with E-state index in [1.807, 2.05) is 0 Å². The summed E-state index contributed by atoms with van der Waals surface area (Å²) in [4.78, 5) is 17.3. The topological polar surface area (TPSA) is 138 Å². The maximum atomic E-state index is 11.1. The fourth-order valence-corrected chi connectivity index (χ4v) is 0.971. The van der Waals surface area contributed by atoms with Crippen LogP contribution >= 0.6 is 0 Å². The summed E-state index contributed by atoms with van der Waals surface area (Å²) in [6.45, 7) is 0.289. The quantitative estimate of drug-likeness (QED) is 0.480. The predicted molar refractivity (Wildman–Crippen MR) is 50.8 cm³/mol. The van der Waals surface area contributed by atoms with Crippen LogP contribution in [0.5, 0.6) is 0 Å². The Bertz CT molecular complexity index is 488. The van der Waals surface area contributed by atoms with Gasteiger partial charge >= 0.3 is 0 Å². The molecule has 0 amide bonds. The highest BCUT2D eigenvalue weighted by Crippen LogP contribution is 2.07. The van der Waals surface area contributed by atoms with Gasteiger partial charge in [-0.15, -0.1) is 10.2 Å². The number of H-pyrrole nitrogens is 2. The molecule has 2 aromatic rings. The van der Waals surface area contributed by atoms with Crippen molar-refractivity contribution in [3.63, 3.8) is 0 Å². The fraction of sp³-hybridized carbons (Fsp3) is 0.167. The van der Waals surface area contributed by atoms with Crippen LogP contribution in [0.25, 0.3) is 0 Å². The van der Waals surface area contributed by atoms with E-state index >= 15 is 0 Å². The zero-order valence-electron chi connectivity index (χ0n) is 7.56. The molecule has 9 heteroatoms. The largest absolute Gasteiger partial charge is 0.391 e. The summed E-state index contributed by atoms with van der Waals surface area (Å²) in [5.41, 5.74) is 5.13. The first kappa shape index (κ1) is 9.12. The SMILES string of the molecule is Nc1c(NCc2nn[nH]n2)nc[nH]c1=O. The number of nitrogens with one attached hydrogen (secondary N) is 3. The lowest BCUT2D eigenvalue weighted by Gasteiger charge is -2.03. The van der Waals surface area contributed by atoms with Gasteiger partial charge in [0.25, 0.3) is 5.56 Å². The molecule has 0 saturated carbocycles. The Morgan fingerprint density at radius 3 is 3.13 bits per heavy atom. The highest BCUT2D eigenvalue weighted by atomic mass is 16.1. The van der Waals surface area contributed by atoms with E-state index in [1.54, 1.807) is 0 Å². The summed E-state index contributed by atoms with van der Waals surface area (Å²) >= 11 is 0. The van der Waals surface area contributed by atoms with Crippen LogP contribution in [0.4, 0.5) is 11.5 Å². The first-order valence-electron chi connectivity index (χ1n) is 4.06. The van der Waals surface area contributed by atoms with Gasteiger partial charge in [-0.3, -0.25) is 4.79 Å². The first-order chi connectivity index (χ1) is 7.27. The van der Waals surface area contributed by atoms with Crippen LogP contribution in [-0.4, -0.2) is 30.6 Å². The number of nitrogen functional groups attached to an aromatic ring is 1. The zero-order chi connectivity index (χ0) is 10.7. The Morgan fingerprint density at radius 1 is 1.53 bits per heavy atom. The molecule has 2 rings (SSSR count). The highest BCUT2D eigenvalue weighted by molar-refractivity contribution is 5.58. The van der Waals surface area contributed by atoms with Gasteiger partial charge in [-0.25, -0.2) is 4.98 Å². The number of anilines is 2. The number of nitrogens with two attached hydrogens (primary N) is 1. The minimum atomic E-state index is -0.388. The molecule has 15 heavy (non-hydrogen) atoms. The number of aromatic nitrogens is 6. The van der Waals surface area contributed by atoms with Gasteiger partial charge in [0.1, 0.15) is 5.69 Å². The zero-order valence-corrected chi connectivity index (χ0v) is 7.56. The summed E-state index contributed by atoms with van der Waals surface area (Å²) in [5.74, 6) is 0.750. The van der Waals surface area contributed by atoms with Crippen LogP contribution in [0.3, 0.4) is 0 Å². The van der Waals surface area contributed by atoms with Crippen molar-refractivity contribution in [2.45, 2.75) is 6.54 Å². The van der Waals surface area contributed by atoms with Gasteiger partial charge in [-0.1, -0.05) is 5.21 Å². The molecule has 0 bridgehead atoms. The Morgan fingerprint density at radius 2 is 2.40 bits per heavy atom. The third-order valence-electron chi connectivity index (χ3n) is 1.69. The smallest absolute Gasteiger partial charge is 0.276 e. The van der Waals surface area contributed by atoms with Crippen molar-refractivity contribution in [2.75, 3.05) is 11.1 Å². The second-order valence-electron chi connectivity index (χ2n) is 2.68. The third kappa shape index (κ3) is 1.90. The lowest BCUT2D eigenvalue weighted by molar-refractivity contribution is 0.881. The van der Waals surface area contributed by atoms with Crippen molar-refractivity contribution in [1.82, 2.24) is 30.6 Å². The molecule has 78 valence electrons. The molecular formula is C6H8N8O. The van der Waals surface area contributed by atoms with E-state index in [1.165, 1.54) is 6.33 Å². The average molecular weight is 208 g/mol. The summed E-state index contributed by atoms with van der Waals surface area (Å²) in [6.07, 6.45) is 1.26. The fourth-order valence-electron chi connectivity index (χ4n) is 0.971. The van der Waals surface area contributed by atoms with Crippen LogP contribution in [0, 0.1) is 0 Å². The molecule has 0 fully saturated rings. The van der Waals surface area contributed by atoms with Crippen molar-refractivity contribution < 1.29 is 0 Å². The molecule has 0 aliphatic carbocycles. The van der Waals surface area contributed by atoms with Crippen molar-refractivity contribution in [3.8, 4) is 0 Å². The normalized spacial score (nSPS) is 10.1. The maximum absolute atomic E-state index is 11.1. The molecule has 5 N–H and O–H groups in total. The molecule has 2 aromatic heterocycles. The molecule has 9 nitrogen and oxygen atoms in total. The van der Waals surface area contributed by atoms with E-state index in [2.05, 4.69) is 35.9 Å². The number of aromatic amines is 2. The predicted octanol–water partition coefficient (Wildman–Crippen LogP) is -1.52. The molecule has 0 aliphatic rings. The highest BCUT2D eigenvalue weighted by Gasteiger charge is 2.04. The van der Waals surface area contributed by atoms with Gasteiger partial charge in [0.05, 0.1) is 12.9 Å². The maximum Gasteiger partial charge on any atom is 0.276 e. The summed E-state index contributed by atoms with van der Waals surface area (Å²) in [7, 11) is 0. The summed E-state index contributed by atoms with van der Waals surface area (Å²) < 4.78 is 0. The summed E-state index contributed by atoms with van der Waals surface area (Å²) in [6, 6.07) is 0.